The molecule has 0 aliphatic heterocycles. The van der Waals surface area contributed by atoms with Gasteiger partial charge in [0, 0.05) is 36.1 Å². The molecule has 0 aromatic carbocycles. The first kappa shape index (κ1) is 14.8. The van der Waals surface area contributed by atoms with E-state index in [0.717, 1.165) is 29.7 Å². The normalized spacial score (nSPS) is 22.0. The van der Waals surface area contributed by atoms with Crippen LogP contribution in [-0.2, 0) is 0 Å². The first-order chi connectivity index (χ1) is 11.2. The number of nitrogens with zero attached hydrogens (tertiary/aromatic N) is 3. The van der Waals surface area contributed by atoms with Crippen molar-refractivity contribution >= 4 is 34.3 Å². The summed E-state index contributed by atoms with van der Waals surface area (Å²) in [5.41, 5.74) is 1.42. The molecule has 1 aliphatic rings. The number of fused-ring (bicyclic) bond motifs is 3. The zero-order valence-electron chi connectivity index (χ0n) is 12.9. The van der Waals surface area contributed by atoms with Crippen molar-refractivity contribution in [2.45, 2.75) is 38.6 Å². The highest BCUT2D eigenvalue weighted by atomic mass is 32.2. The summed E-state index contributed by atoms with van der Waals surface area (Å²) in [5.74, 6) is 0.766. The van der Waals surface area contributed by atoms with Gasteiger partial charge in [0.25, 0.3) is 0 Å². The monoisotopic (exact) mass is 331 g/mol. The standard InChI is InChI=1S/C17H18FN3OS/c1-11-2-4-12(5-3-11)20-8-7-15(22)14-10-19-17-13(16(14)20)6-9-21(17)23-18/h6-12H,2-5H2,1H3. The minimum atomic E-state index is -0.0320. The van der Waals surface area contributed by atoms with E-state index in [-0.39, 0.29) is 17.8 Å². The van der Waals surface area contributed by atoms with Gasteiger partial charge in [-0.3, -0.25) is 4.79 Å². The Morgan fingerprint density at radius 3 is 2.70 bits per heavy atom. The molecule has 4 nitrogen and oxygen atoms in total. The average molecular weight is 331 g/mol. The lowest BCUT2D eigenvalue weighted by atomic mass is 9.87. The van der Waals surface area contributed by atoms with Crippen LogP contribution in [0.1, 0.15) is 38.6 Å². The van der Waals surface area contributed by atoms with Crippen LogP contribution in [0.5, 0.6) is 0 Å². The van der Waals surface area contributed by atoms with E-state index in [0.29, 0.717) is 17.1 Å². The maximum absolute atomic E-state index is 13.0. The molecule has 0 saturated heterocycles. The van der Waals surface area contributed by atoms with E-state index in [1.165, 1.54) is 16.8 Å². The van der Waals surface area contributed by atoms with Crippen LogP contribution >= 0.6 is 12.3 Å². The van der Waals surface area contributed by atoms with Crippen LogP contribution in [0.2, 0.25) is 0 Å². The minimum absolute atomic E-state index is 0.0320. The van der Waals surface area contributed by atoms with E-state index in [1.54, 1.807) is 18.5 Å². The Balaban J connectivity index is 1.98. The first-order valence-electron chi connectivity index (χ1n) is 7.99. The molecule has 3 aromatic heterocycles. The summed E-state index contributed by atoms with van der Waals surface area (Å²) >= 11 is 0.126. The van der Waals surface area contributed by atoms with Crippen molar-refractivity contribution in [3.63, 3.8) is 0 Å². The van der Waals surface area contributed by atoms with Crippen LogP contribution in [0.15, 0.2) is 35.5 Å². The molecule has 3 aromatic rings. The molecule has 1 fully saturated rings. The smallest absolute Gasteiger partial charge is 0.190 e. The fraction of sp³-hybridized carbons (Fsp3) is 0.412. The number of rotatable bonds is 2. The second-order valence-electron chi connectivity index (χ2n) is 6.47. The van der Waals surface area contributed by atoms with Gasteiger partial charge in [0.05, 0.1) is 10.9 Å². The fourth-order valence-corrected chi connectivity index (χ4v) is 4.02. The number of hydrogen-bond acceptors (Lipinski definition) is 3. The van der Waals surface area contributed by atoms with Crippen molar-refractivity contribution < 1.29 is 3.89 Å². The lowest BCUT2D eigenvalue weighted by Crippen LogP contribution is -2.19. The summed E-state index contributed by atoms with van der Waals surface area (Å²) in [6, 6.07) is 3.86. The largest absolute Gasteiger partial charge is 0.344 e. The predicted molar refractivity (Wildman–Crippen MR) is 92.3 cm³/mol. The molecule has 120 valence electrons. The van der Waals surface area contributed by atoms with Gasteiger partial charge in [-0.2, -0.15) is 0 Å². The van der Waals surface area contributed by atoms with E-state index in [1.807, 2.05) is 12.3 Å². The number of halogens is 1. The van der Waals surface area contributed by atoms with Crippen molar-refractivity contribution in [1.82, 2.24) is 13.5 Å². The molecule has 0 bridgehead atoms. The van der Waals surface area contributed by atoms with Crippen LogP contribution in [-0.4, -0.2) is 13.5 Å². The van der Waals surface area contributed by atoms with E-state index in [4.69, 9.17) is 0 Å². The topological polar surface area (TPSA) is 39.8 Å². The maximum atomic E-state index is 13.0. The molecule has 1 aliphatic carbocycles. The molecule has 3 heterocycles. The van der Waals surface area contributed by atoms with Crippen LogP contribution < -0.4 is 5.43 Å². The Hall–Kier alpha value is -1.82. The highest BCUT2D eigenvalue weighted by Gasteiger charge is 2.22. The number of aromatic nitrogens is 3. The van der Waals surface area contributed by atoms with Crippen LogP contribution in [0.4, 0.5) is 3.89 Å². The molecule has 1 saturated carbocycles. The summed E-state index contributed by atoms with van der Waals surface area (Å²) in [7, 11) is 0. The van der Waals surface area contributed by atoms with E-state index in [9.17, 15) is 8.68 Å². The van der Waals surface area contributed by atoms with E-state index in [2.05, 4.69) is 16.5 Å². The quantitative estimate of drug-likeness (QED) is 0.695. The molecule has 0 spiro atoms. The number of hydrogen-bond donors (Lipinski definition) is 0. The maximum Gasteiger partial charge on any atom is 0.190 e. The van der Waals surface area contributed by atoms with Gasteiger partial charge in [-0.15, -0.1) is 3.89 Å². The summed E-state index contributed by atoms with van der Waals surface area (Å²) in [5, 5.41) is 1.45. The van der Waals surface area contributed by atoms with Crippen LogP contribution in [0.25, 0.3) is 21.9 Å². The summed E-state index contributed by atoms with van der Waals surface area (Å²) in [6.45, 7) is 2.29. The van der Waals surface area contributed by atoms with Gasteiger partial charge in [-0.25, -0.2) is 8.96 Å². The lowest BCUT2D eigenvalue weighted by Gasteiger charge is -2.29. The molecule has 6 heteroatoms. The van der Waals surface area contributed by atoms with Crippen molar-refractivity contribution in [3.05, 3.63) is 40.9 Å². The van der Waals surface area contributed by atoms with Gasteiger partial charge < -0.3 is 4.57 Å². The lowest BCUT2D eigenvalue weighted by molar-refractivity contribution is 0.294. The Labute approximate surface area is 137 Å². The summed E-state index contributed by atoms with van der Waals surface area (Å²) < 4.78 is 16.6. The average Bonchev–Trinajstić information content (AvgIpc) is 2.99. The molecule has 0 atom stereocenters. The summed E-state index contributed by atoms with van der Waals surface area (Å²) in [6.07, 6.45) is 9.76. The van der Waals surface area contributed by atoms with Gasteiger partial charge in [0.2, 0.25) is 0 Å². The van der Waals surface area contributed by atoms with Crippen LogP contribution in [0, 0.1) is 5.92 Å². The highest BCUT2D eigenvalue weighted by molar-refractivity contribution is 7.92. The SMILES string of the molecule is CC1CCC(n2ccc(=O)c3cnc4c(ccn4SF)c32)CC1. The van der Waals surface area contributed by atoms with Gasteiger partial charge in [0.1, 0.15) is 0 Å². The van der Waals surface area contributed by atoms with Crippen molar-refractivity contribution in [3.8, 4) is 0 Å². The Bertz CT molecular complexity index is 925. The van der Waals surface area contributed by atoms with Crippen molar-refractivity contribution in [2.24, 2.45) is 5.92 Å². The van der Waals surface area contributed by atoms with Crippen LogP contribution in [0.3, 0.4) is 0 Å². The summed E-state index contributed by atoms with van der Waals surface area (Å²) in [4.78, 5) is 16.5. The Morgan fingerprint density at radius 2 is 1.96 bits per heavy atom. The van der Waals surface area contributed by atoms with E-state index < -0.39 is 0 Å². The predicted octanol–water partition coefficient (Wildman–Crippen LogP) is 4.48. The molecule has 4 rings (SSSR count). The molecule has 0 unspecified atom stereocenters. The molecular formula is C17H18FN3OS. The fourth-order valence-electron chi connectivity index (χ4n) is 3.70. The highest BCUT2D eigenvalue weighted by Crippen LogP contribution is 2.35. The van der Waals surface area contributed by atoms with Crippen molar-refractivity contribution in [2.75, 3.05) is 0 Å². The molecule has 23 heavy (non-hydrogen) atoms. The Kier molecular flexibility index (Phi) is 3.64. The molecule has 0 amide bonds. The first-order valence-corrected chi connectivity index (χ1v) is 8.66. The number of pyridine rings is 2. The third-order valence-electron chi connectivity index (χ3n) is 5.02. The Morgan fingerprint density at radius 1 is 1.17 bits per heavy atom. The third kappa shape index (κ3) is 2.36. The second-order valence-corrected chi connectivity index (χ2v) is 7.00. The molecule has 0 N–H and O–H groups in total. The van der Waals surface area contributed by atoms with Gasteiger partial charge in [0.15, 0.2) is 23.4 Å². The minimum Gasteiger partial charge on any atom is -0.344 e. The second kappa shape index (κ2) is 5.67. The third-order valence-corrected chi connectivity index (χ3v) is 5.46. The van der Waals surface area contributed by atoms with Gasteiger partial charge in [-0.1, -0.05) is 6.92 Å². The van der Waals surface area contributed by atoms with Gasteiger partial charge >= 0.3 is 0 Å². The zero-order valence-corrected chi connectivity index (χ0v) is 13.7. The van der Waals surface area contributed by atoms with E-state index >= 15 is 0 Å². The zero-order chi connectivity index (χ0) is 16.0. The molecule has 0 radical (unpaired) electrons. The van der Waals surface area contributed by atoms with Gasteiger partial charge in [-0.05, 0) is 37.7 Å². The van der Waals surface area contributed by atoms with Crippen molar-refractivity contribution in [1.29, 1.82) is 0 Å². The molecular weight excluding hydrogens is 313 g/mol.